The lowest BCUT2D eigenvalue weighted by molar-refractivity contribution is -0.138. The Morgan fingerprint density at radius 2 is 1.93 bits per heavy atom. The molecule has 15 heavy (non-hydrogen) atoms. The molecule has 1 aromatic carbocycles. The molecule has 0 bridgehead atoms. The Kier molecular flexibility index (Phi) is 2.61. The molecule has 82 valence electrons. The van der Waals surface area contributed by atoms with E-state index in [1.165, 1.54) is 6.92 Å². The Morgan fingerprint density at radius 1 is 1.40 bits per heavy atom. The van der Waals surface area contributed by atoms with E-state index in [2.05, 4.69) is 0 Å². The van der Waals surface area contributed by atoms with Gasteiger partial charge < -0.3 is 10.8 Å². The van der Waals surface area contributed by atoms with Crippen molar-refractivity contribution in [3.63, 3.8) is 0 Å². The van der Waals surface area contributed by atoms with E-state index < -0.39 is 23.3 Å². The summed E-state index contributed by atoms with van der Waals surface area (Å²) in [6, 6.07) is 1.86. The Labute approximate surface area is 83.3 Å². The first-order valence-corrected chi connectivity index (χ1v) is 3.94. The van der Waals surface area contributed by atoms with Crippen LogP contribution in [-0.2, 0) is 6.18 Å². The second kappa shape index (κ2) is 3.45. The van der Waals surface area contributed by atoms with Crippen molar-refractivity contribution < 1.29 is 23.1 Å². The van der Waals surface area contributed by atoms with E-state index in [-0.39, 0.29) is 5.69 Å². The van der Waals surface area contributed by atoms with Crippen LogP contribution in [0, 0.1) is 6.92 Å². The zero-order valence-corrected chi connectivity index (χ0v) is 7.72. The number of alkyl halides is 3. The minimum atomic E-state index is -4.71. The molecule has 0 radical (unpaired) electrons. The Balaban J connectivity index is 3.55. The summed E-state index contributed by atoms with van der Waals surface area (Å²) in [5.41, 5.74) is 3.15. The molecule has 0 spiro atoms. The van der Waals surface area contributed by atoms with Crippen LogP contribution in [0.15, 0.2) is 12.1 Å². The van der Waals surface area contributed by atoms with Crippen LogP contribution in [-0.4, -0.2) is 11.1 Å². The monoisotopic (exact) mass is 219 g/mol. The molecule has 0 atom stereocenters. The number of carboxylic acid groups (broad SMARTS) is 1. The molecular weight excluding hydrogens is 211 g/mol. The van der Waals surface area contributed by atoms with Crippen LogP contribution in [0.4, 0.5) is 18.9 Å². The summed E-state index contributed by atoms with van der Waals surface area (Å²) in [5.74, 6) is -1.68. The highest BCUT2D eigenvalue weighted by Gasteiger charge is 2.36. The Bertz CT molecular complexity index is 413. The van der Waals surface area contributed by atoms with E-state index in [9.17, 15) is 18.0 Å². The SMILES string of the molecule is Cc1ccc(C(F)(F)F)c(C(=O)O)c1N. The molecule has 3 N–H and O–H groups in total. The molecular formula is C9H8F3NO2. The molecule has 3 nitrogen and oxygen atoms in total. The number of aryl methyl sites for hydroxylation is 1. The minimum absolute atomic E-state index is 0.306. The van der Waals surface area contributed by atoms with Gasteiger partial charge in [-0.05, 0) is 18.6 Å². The van der Waals surface area contributed by atoms with Gasteiger partial charge in [-0.2, -0.15) is 13.2 Å². The summed E-state index contributed by atoms with van der Waals surface area (Å²) >= 11 is 0. The standard InChI is InChI=1S/C9H8F3NO2/c1-4-2-3-5(9(10,11)12)6(7(4)13)8(14)15/h2-3H,13H2,1H3,(H,14,15). The van der Waals surface area contributed by atoms with Crippen LogP contribution in [0.5, 0.6) is 0 Å². The van der Waals surface area contributed by atoms with Crippen LogP contribution in [0.25, 0.3) is 0 Å². The maximum absolute atomic E-state index is 12.4. The number of nitrogen functional groups attached to an aromatic ring is 1. The molecule has 0 aliphatic rings. The number of hydrogen-bond acceptors (Lipinski definition) is 2. The molecule has 0 saturated carbocycles. The number of nitrogens with two attached hydrogens (primary N) is 1. The first-order chi connectivity index (χ1) is 6.75. The number of halogens is 3. The van der Waals surface area contributed by atoms with Gasteiger partial charge in [0.25, 0.3) is 0 Å². The number of rotatable bonds is 1. The molecule has 0 heterocycles. The van der Waals surface area contributed by atoms with Gasteiger partial charge in [-0.3, -0.25) is 0 Å². The topological polar surface area (TPSA) is 63.3 Å². The number of anilines is 1. The van der Waals surface area contributed by atoms with Crippen LogP contribution in [0.1, 0.15) is 21.5 Å². The number of aromatic carboxylic acids is 1. The minimum Gasteiger partial charge on any atom is -0.478 e. The van der Waals surface area contributed by atoms with Crippen molar-refractivity contribution in [3.05, 3.63) is 28.8 Å². The van der Waals surface area contributed by atoms with Crippen molar-refractivity contribution in [3.8, 4) is 0 Å². The molecule has 0 unspecified atom stereocenters. The lowest BCUT2D eigenvalue weighted by Crippen LogP contribution is -2.15. The summed E-state index contributed by atoms with van der Waals surface area (Å²) in [6.45, 7) is 1.45. The van der Waals surface area contributed by atoms with Crippen molar-refractivity contribution in [2.75, 3.05) is 5.73 Å². The van der Waals surface area contributed by atoms with Gasteiger partial charge >= 0.3 is 12.1 Å². The Hall–Kier alpha value is -1.72. The van der Waals surface area contributed by atoms with Gasteiger partial charge in [0, 0.05) is 5.69 Å². The average molecular weight is 219 g/mol. The molecule has 0 amide bonds. The lowest BCUT2D eigenvalue weighted by atomic mass is 10.0. The third-order valence-electron chi connectivity index (χ3n) is 1.98. The van der Waals surface area contributed by atoms with E-state index in [4.69, 9.17) is 10.8 Å². The van der Waals surface area contributed by atoms with Gasteiger partial charge in [-0.15, -0.1) is 0 Å². The summed E-state index contributed by atoms with van der Waals surface area (Å²) in [4.78, 5) is 10.7. The van der Waals surface area contributed by atoms with E-state index in [1.807, 2.05) is 0 Å². The van der Waals surface area contributed by atoms with Crippen molar-refractivity contribution in [2.45, 2.75) is 13.1 Å². The highest BCUT2D eigenvalue weighted by Crippen LogP contribution is 2.35. The van der Waals surface area contributed by atoms with Crippen molar-refractivity contribution in [1.29, 1.82) is 0 Å². The van der Waals surface area contributed by atoms with E-state index in [0.29, 0.717) is 5.56 Å². The molecule has 0 saturated heterocycles. The lowest BCUT2D eigenvalue weighted by Gasteiger charge is -2.13. The van der Waals surface area contributed by atoms with Crippen molar-refractivity contribution in [1.82, 2.24) is 0 Å². The zero-order valence-electron chi connectivity index (χ0n) is 7.72. The molecule has 1 rings (SSSR count). The van der Waals surface area contributed by atoms with Crippen LogP contribution >= 0.6 is 0 Å². The van der Waals surface area contributed by atoms with E-state index in [1.54, 1.807) is 0 Å². The van der Waals surface area contributed by atoms with Gasteiger partial charge in [0.1, 0.15) is 0 Å². The van der Waals surface area contributed by atoms with Crippen LogP contribution in [0.3, 0.4) is 0 Å². The third kappa shape index (κ3) is 2.03. The molecule has 0 aliphatic heterocycles. The smallest absolute Gasteiger partial charge is 0.417 e. The number of benzene rings is 1. The maximum Gasteiger partial charge on any atom is 0.417 e. The van der Waals surface area contributed by atoms with Gasteiger partial charge in [0.15, 0.2) is 0 Å². The first kappa shape index (κ1) is 11.4. The number of carboxylic acids is 1. The quantitative estimate of drug-likeness (QED) is 0.712. The van der Waals surface area contributed by atoms with Crippen molar-refractivity contribution in [2.24, 2.45) is 0 Å². The molecule has 6 heteroatoms. The summed E-state index contributed by atoms with van der Waals surface area (Å²) in [7, 11) is 0. The highest BCUT2D eigenvalue weighted by molar-refractivity contribution is 5.96. The summed E-state index contributed by atoms with van der Waals surface area (Å²) in [5, 5.41) is 8.65. The predicted molar refractivity (Wildman–Crippen MR) is 47.6 cm³/mol. The third-order valence-corrected chi connectivity index (χ3v) is 1.98. The maximum atomic E-state index is 12.4. The second-order valence-electron chi connectivity index (χ2n) is 3.02. The molecule has 0 fully saturated rings. The number of carbonyl (C=O) groups is 1. The summed E-state index contributed by atoms with van der Waals surface area (Å²) < 4.78 is 37.2. The van der Waals surface area contributed by atoms with E-state index in [0.717, 1.165) is 12.1 Å². The van der Waals surface area contributed by atoms with E-state index >= 15 is 0 Å². The van der Waals surface area contributed by atoms with Gasteiger partial charge in [-0.25, -0.2) is 4.79 Å². The molecule has 0 aliphatic carbocycles. The fourth-order valence-electron chi connectivity index (χ4n) is 1.19. The molecule has 0 aromatic heterocycles. The number of hydrogen-bond donors (Lipinski definition) is 2. The van der Waals surface area contributed by atoms with Gasteiger partial charge in [0.05, 0.1) is 11.1 Å². The average Bonchev–Trinajstić information content (AvgIpc) is 2.06. The van der Waals surface area contributed by atoms with Gasteiger partial charge in [0.2, 0.25) is 0 Å². The predicted octanol–water partition coefficient (Wildman–Crippen LogP) is 2.29. The fourth-order valence-corrected chi connectivity index (χ4v) is 1.19. The zero-order chi connectivity index (χ0) is 11.8. The van der Waals surface area contributed by atoms with Crippen LogP contribution < -0.4 is 5.73 Å². The summed E-state index contributed by atoms with van der Waals surface area (Å²) in [6.07, 6.45) is -4.71. The largest absolute Gasteiger partial charge is 0.478 e. The molecule has 1 aromatic rings. The highest BCUT2D eigenvalue weighted by atomic mass is 19.4. The fraction of sp³-hybridized carbons (Fsp3) is 0.222. The second-order valence-corrected chi connectivity index (χ2v) is 3.02. The Morgan fingerprint density at radius 3 is 2.33 bits per heavy atom. The normalized spacial score (nSPS) is 11.5. The van der Waals surface area contributed by atoms with Crippen LogP contribution in [0.2, 0.25) is 0 Å². The first-order valence-electron chi connectivity index (χ1n) is 3.94. The van der Waals surface area contributed by atoms with Crippen molar-refractivity contribution >= 4 is 11.7 Å². The van der Waals surface area contributed by atoms with Gasteiger partial charge in [-0.1, -0.05) is 6.07 Å².